The van der Waals surface area contributed by atoms with Gasteiger partial charge in [0.1, 0.15) is 12.0 Å². The molecule has 210 valence electrons. The predicted octanol–water partition coefficient (Wildman–Crippen LogP) is 5.41. The standard InChI is InChI=1S/C28H44ClF2N3O3/c1-32-18-23(17-20-10-12-22(30)13-11-20)33-27(35)34-15-6-7-21(19-34)28(36,14-3-4-16-37-2)24-8-5-9-25(31)26(24)29/h5,8-9,20-23,32,36H,3-4,6-7,10-19H2,1-2H3,(H,33,35)/t20?,21-,22?,23?,28-/m1/s1. The number of likely N-dealkylation sites (tertiary alicyclic amines) is 1. The van der Waals surface area contributed by atoms with Gasteiger partial charge in [0.25, 0.3) is 0 Å². The average molecular weight is 544 g/mol. The number of halogens is 3. The number of methoxy groups -OCH3 is 1. The molecule has 1 saturated heterocycles. The maximum atomic E-state index is 14.4. The molecule has 9 heteroatoms. The number of nitrogens with zero attached hydrogens (tertiary/aromatic N) is 1. The molecule has 2 aliphatic rings. The summed E-state index contributed by atoms with van der Waals surface area (Å²) in [4.78, 5) is 15.1. The second-order valence-electron chi connectivity index (χ2n) is 10.8. The van der Waals surface area contributed by atoms with Gasteiger partial charge in [-0.15, -0.1) is 0 Å². The zero-order chi connectivity index (χ0) is 26.8. The number of nitrogens with one attached hydrogen (secondary N) is 2. The van der Waals surface area contributed by atoms with E-state index in [4.69, 9.17) is 16.3 Å². The molecule has 3 atom stereocenters. The second kappa shape index (κ2) is 14.6. The van der Waals surface area contributed by atoms with E-state index in [1.165, 1.54) is 6.07 Å². The Hall–Kier alpha value is -1.48. The van der Waals surface area contributed by atoms with Crippen LogP contribution >= 0.6 is 11.6 Å². The van der Waals surface area contributed by atoms with E-state index in [1.807, 2.05) is 7.05 Å². The molecule has 37 heavy (non-hydrogen) atoms. The van der Waals surface area contributed by atoms with Gasteiger partial charge in [-0.1, -0.05) is 23.7 Å². The Labute approximate surface area is 225 Å². The normalized spacial score (nSPS) is 24.9. The summed E-state index contributed by atoms with van der Waals surface area (Å²) < 4.78 is 33.1. The van der Waals surface area contributed by atoms with Crippen molar-refractivity contribution in [2.24, 2.45) is 11.8 Å². The van der Waals surface area contributed by atoms with Crippen molar-refractivity contribution in [3.05, 3.63) is 34.6 Å². The van der Waals surface area contributed by atoms with E-state index >= 15 is 0 Å². The van der Waals surface area contributed by atoms with Crippen LogP contribution in [0, 0.1) is 17.7 Å². The summed E-state index contributed by atoms with van der Waals surface area (Å²) in [6.07, 6.45) is 6.34. The van der Waals surface area contributed by atoms with E-state index in [0.29, 0.717) is 69.8 Å². The van der Waals surface area contributed by atoms with Crippen LogP contribution in [-0.2, 0) is 10.3 Å². The first kappa shape index (κ1) is 30.1. The molecule has 1 unspecified atom stereocenters. The number of carbonyl (C=O) groups is 1. The number of hydrogen-bond acceptors (Lipinski definition) is 4. The molecule has 1 heterocycles. The molecule has 2 amide bonds. The Morgan fingerprint density at radius 3 is 2.73 bits per heavy atom. The highest BCUT2D eigenvalue weighted by Gasteiger charge is 2.43. The molecular formula is C28H44ClF2N3O3. The number of unbranched alkanes of at least 4 members (excludes halogenated alkanes) is 1. The number of piperidine rings is 1. The lowest BCUT2D eigenvalue weighted by atomic mass is 9.74. The molecule has 0 spiro atoms. The van der Waals surface area contributed by atoms with E-state index in [2.05, 4.69) is 10.6 Å². The van der Waals surface area contributed by atoms with Crippen LogP contribution in [0.1, 0.15) is 69.8 Å². The molecule has 0 aromatic heterocycles. The highest BCUT2D eigenvalue weighted by molar-refractivity contribution is 6.31. The lowest BCUT2D eigenvalue weighted by molar-refractivity contribution is -0.0565. The molecule has 3 N–H and O–H groups in total. The summed E-state index contributed by atoms with van der Waals surface area (Å²) in [5.41, 5.74) is -0.975. The number of likely N-dealkylation sites (N-methyl/N-ethyl adjacent to an activating group) is 1. The van der Waals surface area contributed by atoms with Gasteiger partial charge in [-0.05, 0) is 83.2 Å². The number of amides is 2. The average Bonchev–Trinajstić information content (AvgIpc) is 2.89. The summed E-state index contributed by atoms with van der Waals surface area (Å²) in [6, 6.07) is 4.35. The van der Waals surface area contributed by atoms with Gasteiger partial charge in [-0.2, -0.15) is 0 Å². The van der Waals surface area contributed by atoms with Crippen molar-refractivity contribution < 1.29 is 23.4 Å². The van der Waals surface area contributed by atoms with Crippen LogP contribution in [0.15, 0.2) is 18.2 Å². The highest BCUT2D eigenvalue weighted by Crippen LogP contribution is 2.43. The SMILES string of the molecule is CNCC(CC1CCC(F)CC1)NC(=O)N1CCC[C@@H]([C@](O)(CCCCOC)c2cccc(F)c2Cl)C1. The van der Waals surface area contributed by atoms with Crippen molar-refractivity contribution in [2.45, 2.75) is 82.0 Å². The van der Waals surface area contributed by atoms with E-state index in [0.717, 1.165) is 32.1 Å². The van der Waals surface area contributed by atoms with Gasteiger partial charge in [-0.25, -0.2) is 13.6 Å². The van der Waals surface area contributed by atoms with Crippen molar-refractivity contribution in [3.63, 3.8) is 0 Å². The van der Waals surface area contributed by atoms with E-state index in [1.54, 1.807) is 24.1 Å². The molecular weight excluding hydrogens is 500 g/mol. The van der Waals surface area contributed by atoms with Gasteiger partial charge < -0.3 is 25.4 Å². The predicted molar refractivity (Wildman–Crippen MR) is 143 cm³/mol. The van der Waals surface area contributed by atoms with Crippen LogP contribution in [0.25, 0.3) is 0 Å². The van der Waals surface area contributed by atoms with Gasteiger partial charge in [0.05, 0.1) is 10.6 Å². The molecule has 1 saturated carbocycles. The first-order valence-electron chi connectivity index (χ1n) is 13.8. The van der Waals surface area contributed by atoms with Gasteiger partial charge in [-0.3, -0.25) is 0 Å². The van der Waals surface area contributed by atoms with Crippen molar-refractivity contribution in [1.82, 2.24) is 15.5 Å². The Balaban J connectivity index is 1.70. The van der Waals surface area contributed by atoms with E-state index in [-0.39, 0.29) is 23.0 Å². The van der Waals surface area contributed by atoms with Crippen LogP contribution in [0.4, 0.5) is 13.6 Å². The van der Waals surface area contributed by atoms with Gasteiger partial charge in [0.2, 0.25) is 0 Å². The summed E-state index contributed by atoms with van der Waals surface area (Å²) in [5, 5.41) is 18.3. The van der Waals surface area contributed by atoms with Crippen molar-refractivity contribution in [2.75, 3.05) is 40.4 Å². The fourth-order valence-electron chi connectivity index (χ4n) is 6.05. The third kappa shape index (κ3) is 8.25. The Kier molecular flexibility index (Phi) is 11.9. The minimum absolute atomic E-state index is 0.0513. The number of rotatable bonds is 12. The molecule has 2 fully saturated rings. The molecule has 1 aliphatic carbocycles. The first-order chi connectivity index (χ1) is 17.8. The summed E-state index contributed by atoms with van der Waals surface area (Å²) >= 11 is 6.36. The maximum Gasteiger partial charge on any atom is 0.317 e. The van der Waals surface area contributed by atoms with Gasteiger partial charge in [0, 0.05) is 50.9 Å². The lowest BCUT2D eigenvalue weighted by Crippen LogP contribution is -2.54. The number of benzene rings is 1. The first-order valence-corrected chi connectivity index (χ1v) is 14.2. The number of aliphatic hydroxyl groups is 1. The van der Waals surface area contributed by atoms with Gasteiger partial charge >= 0.3 is 6.03 Å². The fourth-order valence-corrected chi connectivity index (χ4v) is 6.34. The lowest BCUT2D eigenvalue weighted by Gasteiger charge is -2.43. The van der Waals surface area contributed by atoms with E-state index in [9.17, 15) is 18.7 Å². The number of carbonyl (C=O) groups excluding carboxylic acids is 1. The van der Waals surface area contributed by atoms with E-state index < -0.39 is 17.6 Å². The smallest absolute Gasteiger partial charge is 0.317 e. The fraction of sp³-hybridized carbons (Fsp3) is 0.750. The van der Waals surface area contributed by atoms with Crippen LogP contribution in [0.2, 0.25) is 5.02 Å². The topological polar surface area (TPSA) is 73.8 Å². The Morgan fingerprint density at radius 1 is 1.27 bits per heavy atom. The molecule has 1 aromatic carbocycles. The number of urea groups is 1. The zero-order valence-corrected chi connectivity index (χ0v) is 23.0. The number of hydrogen-bond donors (Lipinski definition) is 3. The third-order valence-electron chi connectivity index (χ3n) is 8.13. The molecule has 1 aromatic rings. The molecule has 6 nitrogen and oxygen atoms in total. The number of alkyl halides is 1. The summed E-state index contributed by atoms with van der Waals surface area (Å²) in [6.45, 7) is 2.17. The van der Waals surface area contributed by atoms with Crippen LogP contribution in [0.3, 0.4) is 0 Å². The van der Waals surface area contributed by atoms with Crippen LogP contribution in [0.5, 0.6) is 0 Å². The van der Waals surface area contributed by atoms with Crippen molar-refractivity contribution in [1.29, 1.82) is 0 Å². The zero-order valence-electron chi connectivity index (χ0n) is 22.3. The Morgan fingerprint density at radius 2 is 2.03 bits per heavy atom. The monoisotopic (exact) mass is 543 g/mol. The van der Waals surface area contributed by atoms with Crippen LogP contribution < -0.4 is 10.6 Å². The molecule has 0 bridgehead atoms. The maximum absolute atomic E-state index is 14.4. The summed E-state index contributed by atoms with van der Waals surface area (Å²) in [7, 11) is 3.50. The minimum atomic E-state index is -1.36. The molecule has 0 radical (unpaired) electrons. The van der Waals surface area contributed by atoms with Crippen LogP contribution in [-0.4, -0.2) is 68.6 Å². The van der Waals surface area contributed by atoms with Crippen molar-refractivity contribution >= 4 is 17.6 Å². The quantitative estimate of drug-likeness (QED) is 0.308. The molecule has 1 aliphatic heterocycles. The second-order valence-corrected chi connectivity index (χ2v) is 11.2. The van der Waals surface area contributed by atoms with Crippen molar-refractivity contribution in [3.8, 4) is 0 Å². The van der Waals surface area contributed by atoms with Gasteiger partial charge in [0.15, 0.2) is 0 Å². The Bertz CT molecular complexity index is 856. The summed E-state index contributed by atoms with van der Waals surface area (Å²) in [5.74, 6) is -0.430. The highest BCUT2D eigenvalue weighted by atomic mass is 35.5. The largest absolute Gasteiger partial charge is 0.385 e. The third-order valence-corrected chi connectivity index (χ3v) is 8.51. The minimum Gasteiger partial charge on any atom is -0.385 e. The number of ether oxygens (including phenoxy) is 1. The molecule has 3 rings (SSSR count).